The molecule has 3 rings (SSSR count). The number of likely N-dealkylation sites (tertiary alicyclic amines) is 1. The number of nitrogens with zero attached hydrogens (tertiary/aromatic N) is 2. The molecule has 3 N–H and O–H groups in total. The number of nitrogens with one attached hydrogen (secondary N) is 3. The third kappa shape index (κ3) is 7.92. The van der Waals surface area contributed by atoms with Crippen LogP contribution < -0.4 is 16.0 Å². The van der Waals surface area contributed by atoms with E-state index in [1.807, 2.05) is 18.2 Å². The lowest BCUT2D eigenvalue weighted by Gasteiger charge is -2.34. The fourth-order valence-corrected chi connectivity index (χ4v) is 3.95. The summed E-state index contributed by atoms with van der Waals surface area (Å²) in [4.78, 5) is 18.2. The zero-order valence-electron chi connectivity index (χ0n) is 19.0. The van der Waals surface area contributed by atoms with Crippen LogP contribution in [-0.4, -0.2) is 56.5 Å². The number of hydrogen-bond acceptors (Lipinski definition) is 3. The predicted molar refractivity (Wildman–Crippen MR) is 138 cm³/mol. The van der Waals surface area contributed by atoms with Gasteiger partial charge in [0.15, 0.2) is 5.96 Å². The van der Waals surface area contributed by atoms with E-state index in [0.29, 0.717) is 24.6 Å². The Morgan fingerprint density at radius 2 is 1.91 bits per heavy atom. The zero-order chi connectivity index (χ0) is 22.9. The van der Waals surface area contributed by atoms with E-state index < -0.39 is 11.6 Å². The van der Waals surface area contributed by atoms with E-state index in [0.717, 1.165) is 31.4 Å². The topological polar surface area (TPSA) is 68.8 Å². The van der Waals surface area contributed by atoms with E-state index in [-0.39, 0.29) is 48.0 Å². The third-order valence-electron chi connectivity index (χ3n) is 5.64. The van der Waals surface area contributed by atoms with Gasteiger partial charge in [0.05, 0.1) is 0 Å². The SMILES string of the molecule is CN=C(NCCc1cccc(C(=O)NC)c1)NC1CCCN(Cc2c(F)cccc2F)C1.I. The molecular weight excluding hydrogens is 539 g/mol. The summed E-state index contributed by atoms with van der Waals surface area (Å²) in [5.41, 5.74) is 1.82. The molecule has 1 fully saturated rings. The van der Waals surface area contributed by atoms with E-state index >= 15 is 0 Å². The highest BCUT2D eigenvalue weighted by Gasteiger charge is 2.22. The van der Waals surface area contributed by atoms with Gasteiger partial charge in [-0.05, 0) is 55.6 Å². The predicted octanol–water partition coefficient (Wildman–Crippen LogP) is 3.31. The summed E-state index contributed by atoms with van der Waals surface area (Å²) in [6.45, 7) is 2.40. The summed E-state index contributed by atoms with van der Waals surface area (Å²) in [5, 5.41) is 9.36. The van der Waals surface area contributed by atoms with E-state index in [1.165, 1.54) is 18.2 Å². The number of carbonyl (C=O) groups excluding carboxylic acids is 1. The van der Waals surface area contributed by atoms with Crippen LogP contribution in [0, 0.1) is 11.6 Å². The van der Waals surface area contributed by atoms with Crippen molar-refractivity contribution in [3.8, 4) is 0 Å². The van der Waals surface area contributed by atoms with Crippen molar-refractivity contribution >= 4 is 35.8 Å². The summed E-state index contributed by atoms with van der Waals surface area (Å²) in [6.07, 6.45) is 2.65. The van der Waals surface area contributed by atoms with Crippen LogP contribution in [0.15, 0.2) is 47.5 Å². The van der Waals surface area contributed by atoms with Crippen molar-refractivity contribution in [1.29, 1.82) is 0 Å². The number of rotatable bonds is 7. The lowest BCUT2D eigenvalue weighted by atomic mass is 10.0. The molecule has 1 aliphatic rings. The largest absolute Gasteiger partial charge is 0.356 e. The smallest absolute Gasteiger partial charge is 0.251 e. The van der Waals surface area contributed by atoms with Crippen LogP contribution in [0.25, 0.3) is 0 Å². The van der Waals surface area contributed by atoms with Crippen LogP contribution in [0.4, 0.5) is 8.78 Å². The molecule has 0 bridgehead atoms. The molecule has 0 saturated carbocycles. The maximum Gasteiger partial charge on any atom is 0.251 e. The van der Waals surface area contributed by atoms with E-state index in [4.69, 9.17) is 0 Å². The van der Waals surface area contributed by atoms with Gasteiger partial charge in [-0.1, -0.05) is 18.2 Å². The molecular formula is C24H32F2IN5O. The Balaban J connectivity index is 0.00000385. The van der Waals surface area contributed by atoms with Crippen molar-refractivity contribution in [2.24, 2.45) is 4.99 Å². The van der Waals surface area contributed by atoms with Crippen LogP contribution in [0.1, 0.15) is 34.3 Å². The van der Waals surface area contributed by atoms with Crippen LogP contribution in [0.2, 0.25) is 0 Å². The van der Waals surface area contributed by atoms with Crippen LogP contribution in [0.3, 0.4) is 0 Å². The first kappa shape index (κ1) is 27.0. The molecule has 180 valence electrons. The van der Waals surface area contributed by atoms with Gasteiger partial charge in [0, 0.05) is 50.9 Å². The Morgan fingerprint density at radius 1 is 1.18 bits per heavy atom. The van der Waals surface area contributed by atoms with E-state index in [2.05, 4.69) is 25.8 Å². The molecule has 1 heterocycles. The van der Waals surface area contributed by atoms with Gasteiger partial charge in [-0.25, -0.2) is 8.78 Å². The van der Waals surface area contributed by atoms with E-state index in [9.17, 15) is 13.6 Å². The fraction of sp³-hybridized carbons (Fsp3) is 0.417. The summed E-state index contributed by atoms with van der Waals surface area (Å²) in [7, 11) is 3.34. The summed E-state index contributed by atoms with van der Waals surface area (Å²) in [6, 6.07) is 11.7. The van der Waals surface area contributed by atoms with Crippen molar-refractivity contribution < 1.29 is 13.6 Å². The number of aliphatic imine (C=N–C) groups is 1. The Bertz CT molecular complexity index is 936. The number of benzene rings is 2. The first-order chi connectivity index (χ1) is 15.5. The van der Waals surface area contributed by atoms with Gasteiger partial charge in [0.25, 0.3) is 5.91 Å². The second-order valence-corrected chi connectivity index (χ2v) is 7.95. The van der Waals surface area contributed by atoms with Gasteiger partial charge in [-0.15, -0.1) is 24.0 Å². The molecule has 2 aromatic carbocycles. The van der Waals surface area contributed by atoms with Crippen molar-refractivity contribution in [2.75, 3.05) is 33.7 Å². The molecule has 6 nitrogen and oxygen atoms in total. The zero-order valence-corrected chi connectivity index (χ0v) is 21.4. The highest BCUT2D eigenvalue weighted by Crippen LogP contribution is 2.18. The van der Waals surface area contributed by atoms with Crippen LogP contribution in [0.5, 0.6) is 0 Å². The third-order valence-corrected chi connectivity index (χ3v) is 5.64. The first-order valence-electron chi connectivity index (χ1n) is 10.9. The summed E-state index contributed by atoms with van der Waals surface area (Å²) in [5.74, 6) is -0.415. The molecule has 1 saturated heterocycles. The quantitative estimate of drug-likeness (QED) is 0.271. The average molecular weight is 571 g/mol. The molecule has 0 aliphatic carbocycles. The molecule has 1 atom stereocenters. The van der Waals surface area contributed by atoms with Gasteiger partial charge < -0.3 is 16.0 Å². The average Bonchev–Trinajstić information content (AvgIpc) is 2.81. The minimum absolute atomic E-state index is 0. The van der Waals surface area contributed by atoms with Crippen LogP contribution in [-0.2, 0) is 13.0 Å². The number of hydrogen-bond donors (Lipinski definition) is 3. The standard InChI is InChI=1S/C24H31F2N5O.HI/c1-27-23(32)18-7-3-6-17(14-18)11-12-29-24(28-2)30-19-8-5-13-31(15-19)16-20-21(25)9-4-10-22(20)26;/h3-4,6-7,9-10,14,19H,5,8,11-13,15-16H2,1-2H3,(H,27,32)(H2,28,29,30);1H. The van der Waals surface area contributed by atoms with Gasteiger partial charge >= 0.3 is 0 Å². The van der Waals surface area contributed by atoms with Gasteiger partial charge in [0.1, 0.15) is 11.6 Å². The highest BCUT2D eigenvalue weighted by molar-refractivity contribution is 14.0. The van der Waals surface area contributed by atoms with Crippen molar-refractivity contribution in [2.45, 2.75) is 31.8 Å². The van der Waals surface area contributed by atoms with Gasteiger partial charge in [-0.2, -0.15) is 0 Å². The van der Waals surface area contributed by atoms with Crippen LogP contribution >= 0.6 is 24.0 Å². The van der Waals surface area contributed by atoms with Crippen molar-refractivity contribution in [1.82, 2.24) is 20.9 Å². The lowest BCUT2D eigenvalue weighted by molar-refractivity contribution is 0.0963. The van der Waals surface area contributed by atoms with Gasteiger partial charge in [0.2, 0.25) is 0 Å². The molecule has 0 radical (unpaired) electrons. The Labute approximate surface area is 211 Å². The second-order valence-electron chi connectivity index (χ2n) is 7.95. The Kier molecular flexibility index (Phi) is 11.0. The minimum atomic E-state index is -0.502. The number of carbonyl (C=O) groups is 1. The molecule has 0 aromatic heterocycles. The van der Waals surface area contributed by atoms with Crippen molar-refractivity contribution in [3.05, 3.63) is 70.8 Å². The van der Waals surface area contributed by atoms with Gasteiger partial charge in [-0.3, -0.25) is 14.7 Å². The second kappa shape index (κ2) is 13.4. The molecule has 1 amide bonds. The maximum atomic E-state index is 14.0. The molecule has 33 heavy (non-hydrogen) atoms. The number of halogens is 3. The highest BCUT2D eigenvalue weighted by atomic mass is 127. The summed E-state index contributed by atoms with van der Waals surface area (Å²) >= 11 is 0. The van der Waals surface area contributed by atoms with E-state index in [1.54, 1.807) is 20.2 Å². The minimum Gasteiger partial charge on any atom is -0.356 e. The maximum absolute atomic E-state index is 14.0. The molecule has 0 spiro atoms. The fourth-order valence-electron chi connectivity index (χ4n) is 3.95. The molecule has 1 unspecified atom stereocenters. The lowest BCUT2D eigenvalue weighted by Crippen LogP contribution is -2.51. The van der Waals surface area contributed by atoms with Crippen molar-refractivity contribution in [3.63, 3.8) is 0 Å². The summed E-state index contributed by atoms with van der Waals surface area (Å²) < 4.78 is 28.0. The molecule has 1 aliphatic heterocycles. The molecule has 2 aromatic rings. The monoisotopic (exact) mass is 571 g/mol. The number of amides is 1. The number of piperidine rings is 1. The Hall–Kier alpha value is -2.27. The Morgan fingerprint density at radius 3 is 2.61 bits per heavy atom. The molecule has 9 heteroatoms. The normalized spacial score (nSPS) is 16.6. The number of guanidine groups is 1. The first-order valence-corrected chi connectivity index (χ1v) is 10.9.